The van der Waals surface area contributed by atoms with Gasteiger partial charge in [-0.15, -0.1) is 11.3 Å². The second kappa shape index (κ2) is 17.1. The quantitative estimate of drug-likeness (QED) is 0.161. The van der Waals surface area contributed by atoms with E-state index in [-0.39, 0.29) is 12.0 Å². The summed E-state index contributed by atoms with van der Waals surface area (Å²) in [7, 11) is 0. The van der Waals surface area contributed by atoms with E-state index in [1.54, 1.807) is 0 Å². The van der Waals surface area contributed by atoms with Gasteiger partial charge in [0.15, 0.2) is 0 Å². The minimum atomic E-state index is 0.117. The van der Waals surface area contributed by atoms with Crippen LogP contribution in [0.5, 0.6) is 0 Å². The predicted molar refractivity (Wildman–Crippen MR) is 344 cm³/mol. The summed E-state index contributed by atoms with van der Waals surface area (Å²) in [6.07, 6.45) is 12.9. The highest BCUT2D eigenvalue weighted by Crippen LogP contribution is 2.53. The Bertz CT molecular complexity index is 5410. The first-order valence-electron chi connectivity index (χ1n) is 27.9. The van der Waals surface area contributed by atoms with Gasteiger partial charge in [0, 0.05) is 77.1 Å². The third-order valence-electron chi connectivity index (χ3n) is 17.8. The Labute approximate surface area is 470 Å². The molecule has 376 valence electrons. The van der Waals surface area contributed by atoms with Gasteiger partial charge in [-0.3, -0.25) is 9.97 Å². The van der Waals surface area contributed by atoms with Gasteiger partial charge in [0.25, 0.3) is 0 Å². The molecule has 4 nitrogen and oxygen atoms in total. The van der Waals surface area contributed by atoms with E-state index in [1.165, 1.54) is 130 Å². The Morgan fingerprint density at radius 1 is 0.333 bits per heavy atom. The first-order chi connectivity index (χ1) is 40.2. The Balaban J connectivity index is 0.732. The van der Waals surface area contributed by atoms with Crippen molar-refractivity contribution in [1.82, 2.24) is 14.5 Å². The molecule has 2 atom stereocenters. The molecule has 1 aliphatic heterocycles. The SMILES string of the molecule is C1=CC2c3c(-c4ccc5c6ccc(-c7cccc(-c8ccc9c%10ccccc%10c%10ccccc%10c9c8)c7)cc6c6nccnc6c5c4)cccc3N(c3ccc4c(c3)c3ccccc3n4-c3ccc4sc5ccccc5c4c3)C2C=C1. The van der Waals surface area contributed by atoms with Crippen LogP contribution in [0.2, 0.25) is 0 Å². The van der Waals surface area contributed by atoms with Gasteiger partial charge in [-0.2, -0.15) is 0 Å². The van der Waals surface area contributed by atoms with E-state index in [0.29, 0.717) is 0 Å². The van der Waals surface area contributed by atoms with Gasteiger partial charge in [-0.25, -0.2) is 0 Å². The molecule has 3 aromatic heterocycles. The number of thiophene rings is 1. The van der Waals surface area contributed by atoms with Crippen LogP contribution in [0, 0.1) is 0 Å². The molecule has 0 bridgehead atoms. The molecule has 5 heteroatoms. The molecular weight excluding hydrogens is 1000 g/mol. The van der Waals surface area contributed by atoms with Crippen molar-refractivity contribution in [2.75, 3.05) is 4.90 Å². The van der Waals surface area contributed by atoms with Crippen molar-refractivity contribution >= 4 is 130 Å². The van der Waals surface area contributed by atoms with Crippen LogP contribution in [0.3, 0.4) is 0 Å². The van der Waals surface area contributed by atoms with Gasteiger partial charge in [-0.05, 0) is 161 Å². The summed E-state index contributed by atoms with van der Waals surface area (Å²) in [5.74, 6) is 0.160. The van der Waals surface area contributed by atoms with E-state index >= 15 is 0 Å². The fraction of sp³-hybridized carbons (Fsp3) is 0.0263. The lowest BCUT2D eigenvalue weighted by atomic mass is 9.85. The zero-order valence-corrected chi connectivity index (χ0v) is 44.6. The maximum atomic E-state index is 5.10. The molecule has 2 aliphatic rings. The van der Waals surface area contributed by atoms with Crippen molar-refractivity contribution in [3.63, 3.8) is 0 Å². The lowest BCUT2D eigenvalue weighted by Crippen LogP contribution is -2.28. The standard InChI is InChI=1S/C76H46N4S/c1-2-17-55-53(15-1)54-16-3-4-18-56(54)63-40-47(27-32-57(55)63)45-13-11-14-46(39-45)48-28-33-58-59-34-29-49(42-67(59)76-75(66(58)41-48)77-37-38-78-76)52-22-12-25-71-74(52)62-21-6-9-24-69(62)80(71)50-30-35-70-64(43-50)60-19-5-8-23-68(60)79(70)51-31-36-73-65(44-51)61-20-7-10-26-72(61)81-73/h1-44,62,69H. The Kier molecular flexibility index (Phi) is 9.47. The zero-order chi connectivity index (χ0) is 52.9. The molecule has 0 amide bonds. The third-order valence-corrected chi connectivity index (χ3v) is 18.9. The number of fused-ring (bicyclic) bond motifs is 21. The van der Waals surface area contributed by atoms with Crippen LogP contribution in [-0.4, -0.2) is 20.6 Å². The highest BCUT2D eigenvalue weighted by molar-refractivity contribution is 7.25. The van der Waals surface area contributed by atoms with Crippen LogP contribution in [0.25, 0.3) is 146 Å². The number of para-hydroxylation sites is 1. The van der Waals surface area contributed by atoms with Crippen LogP contribution in [-0.2, 0) is 0 Å². The van der Waals surface area contributed by atoms with Gasteiger partial charge in [0.2, 0.25) is 0 Å². The number of nitrogens with zero attached hydrogens (tertiary/aromatic N) is 4. The second-order valence-electron chi connectivity index (χ2n) is 21.9. The molecule has 2 unspecified atom stereocenters. The van der Waals surface area contributed by atoms with Crippen LogP contribution in [0.1, 0.15) is 11.5 Å². The van der Waals surface area contributed by atoms with Crippen LogP contribution in [0.4, 0.5) is 11.4 Å². The van der Waals surface area contributed by atoms with Crippen LogP contribution in [0.15, 0.2) is 267 Å². The lowest BCUT2D eigenvalue weighted by Gasteiger charge is -2.28. The number of allylic oxidation sites excluding steroid dienone is 2. The summed E-state index contributed by atoms with van der Waals surface area (Å²) >= 11 is 1.86. The first-order valence-corrected chi connectivity index (χ1v) is 28.8. The molecule has 18 rings (SSSR count). The molecule has 0 saturated heterocycles. The van der Waals surface area contributed by atoms with E-state index < -0.39 is 0 Å². The topological polar surface area (TPSA) is 34.0 Å². The van der Waals surface area contributed by atoms with Crippen molar-refractivity contribution in [2.45, 2.75) is 12.0 Å². The monoisotopic (exact) mass is 1050 g/mol. The minimum absolute atomic E-state index is 0.117. The smallest absolute Gasteiger partial charge is 0.0971 e. The van der Waals surface area contributed by atoms with Gasteiger partial charge in [0.1, 0.15) is 0 Å². The van der Waals surface area contributed by atoms with Gasteiger partial charge < -0.3 is 9.47 Å². The van der Waals surface area contributed by atoms with E-state index in [4.69, 9.17) is 9.97 Å². The van der Waals surface area contributed by atoms with Crippen molar-refractivity contribution in [3.8, 4) is 39.1 Å². The lowest BCUT2D eigenvalue weighted by molar-refractivity contribution is 0.746. The number of benzene rings is 13. The fourth-order valence-corrected chi connectivity index (χ4v) is 15.3. The van der Waals surface area contributed by atoms with Crippen molar-refractivity contribution < 1.29 is 0 Å². The first kappa shape index (κ1) is 44.7. The van der Waals surface area contributed by atoms with E-state index in [0.717, 1.165) is 32.9 Å². The second-order valence-corrected chi connectivity index (χ2v) is 23.0. The van der Waals surface area contributed by atoms with Gasteiger partial charge in [-0.1, -0.05) is 176 Å². The largest absolute Gasteiger partial charge is 0.333 e. The molecule has 16 aromatic rings. The molecule has 0 radical (unpaired) electrons. The van der Waals surface area contributed by atoms with Crippen LogP contribution < -0.4 is 4.90 Å². The highest BCUT2D eigenvalue weighted by Gasteiger charge is 2.39. The predicted octanol–water partition coefficient (Wildman–Crippen LogP) is 20.6. The maximum Gasteiger partial charge on any atom is 0.0971 e. The molecular formula is C76H46N4S. The average Bonchev–Trinajstić information content (AvgIpc) is 4.32. The van der Waals surface area contributed by atoms with Crippen LogP contribution >= 0.6 is 11.3 Å². The summed E-state index contributed by atoms with van der Waals surface area (Å²) < 4.78 is 5.08. The van der Waals surface area contributed by atoms with E-state index in [2.05, 4.69) is 264 Å². The van der Waals surface area contributed by atoms with Gasteiger partial charge in [0.05, 0.1) is 28.1 Å². The third kappa shape index (κ3) is 6.58. The number of rotatable bonds is 5. The molecule has 0 saturated carbocycles. The molecule has 1 aliphatic carbocycles. The molecule has 0 N–H and O–H groups in total. The Morgan fingerprint density at radius 2 is 0.864 bits per heavy atom. The van der Waals surface area contributed by atoms with Gasteiger partial charge >= 0.3 is 0 Å². The van der Waals surface area contributed by atoms with Crippen molar-refractivity contribution in [1.29, 1.82) is 0 Å². The van der Waals surface area contributed by atoms with Crippen molar-refractivity contribution in [2.24, 2.45) is 0 Å². The zero-order valence-electron chi connectivity index (χ0n) is 43.8. The molecule has 81 heavy (non-hydrogen) atoms. The summed E-state index contributed by atoms with van der Waals surface area (Å²) in [5.41, 5.74) is 16.3. The van der Waals surface area contributed by atoms with E-state index in [9.17, 15) is 0 Å². The minimum Gasteiger partial charge on any atom is -0.333 e. The molecule has 0 spiro atoms. The number of aromatic nitrogens is 3. The maximum absolute atomic E-state index is 5.10. The summed E-state index contributed by atoms with van der Waals surface area (Å²) in [6.45, 7) is 0. The summed E-state index contributed by atoms with van der Waals surface area (Å²) in [4.78, 5) is 12.8. The molecule has 13 aromatic carbocycles. The molecule has 4 heterocycles. The highest BCUT2D eigenvalue weighted by atomic mass is 32.1. The number of anilines is 2. The van der Waals surface area contributed by atoms with Crippen molar-refractivity contribution in [3.05, 3.63) is 273 Å². The summed E-state index contributed by atoms with van der Waals surface area (Å²) in [5, 5.41) is 17.3. The fourth-order valence-electron chi connectivity index (χ4n) is 14.2. The number of hydrogen-bond acceptors (Lipinski definition) is 4. The normalized spacial score (nSPS) is 15.0. The summed E-state index contributed by atoms with van der Waals surface area (Å²) in [6, 6.07) is 86.1. The average molecular weight is 1050 g/mol. The Morgan fingerprint density at radius 3 is 1.60 bits per heavy atom. The molecule has 0 fully saturated rings. The Hall–Kier alpha value is -10.2. The van der Waals surface area contributed by atoms with E-state index in [1.807, 2.05) is 23.7 Å². The number of hydrogen-bond donors (Lipinski definition) is 0.